The predicted octanol–water partition coefficient (Wildman–Crippen LogP) is 2.36. The van der Waals surface area contributed by atoms with Gasteiger partial charge in [0, 0.05) is 11.4 Å². The Bertz CT molecular complexity index is 684. The maximum atomic E-state index is 12.0. The fraction of sp³-hybridized carbons (Fsp3) is 0.231. The van der Waals surface area contributed by atoms with E-state index in [1.807, 2.05) is 6.92 Å². The number of hydrogen-bond donors (Lipinski definition) is 3. The van der Waals surface area contributed by atoms with Gasteiger partial charge in [0.2, 0.25) is 5.82 Å². The van der Waals surface area contributed by atoms with Gasteiger partial charge in [-0.25, -0.2) is 9.78 Å². The number of amides is 1. The molecule has 0 aliphatic heterocycles. The number of carbonyl (C=O) groups excluding carboxylic acids is 1. The molecule has 110 valence electrons. The molecular weight excluding hydrogens is 296 g/mol. The predicted molar refractivity (Wildman–Crippen MR) is 76.7 cm³/mol. The van der Waals surface area contributed by atoms with E-state index in [1.165, 1.54) is 18.2 Å². The Balaban J connectivity index is 2.22. The van der Waals surface area contributed by atoms with Crippen molar-refractivity contribution in [1.82, 2.24) is 15.2 Å². The van der Waals surface area contributed by atoms with Gasteiger partial charge in [0.25, 0.3) is 5.91 Å². The van der Waals surface area contributed by atoms with Crippen LogP contribution in [0.4, 0.5) is 5.69 Å². The lowest BCUT2D eigenvalue weighted by atomic mass is 10.2. The third-order valence-electron chi connectivity index (χ3n) is 2.68. The number of carboxylic acids is 1. The number of halogens is 1. The molecule has 21 heavy (non-hydrogen) atoms. The monoisotopic (exact) mass is 308 g/mol. The van der Waals surface area contributed by atoms with E-state index in [0.29, 0.717) is 17.3 Å². The number of nitrogens with one attached hydrogen (secondary N) is 2. The van der Waals surface area contributed by atoms with Gasteiger partial charge in [0.15, 0.2) is 0 Å². The topological polar surface area (TPSA) is 108 Å². The van der Waals surface area contributed by atoms with Crippen LogP contribution < -0.4 is 5.32 Å². The molecule has 2 rings (SSSR count). The highest BCUT2D eigenvalue weighted by Crippen LogP contribution is 2.21. The molecule has 0 saturated heterocycles. The molecule has 1 amide bonds. The summed E-state index contributed by atoms with van der Waals surface area (Å²) in [6.07, 6.45) is 1.55. The van der Waals surface area contributed by atoms with Crippen molar-refractivity contribution >= 4 is 29.2 Å². The van der Waals surface area contributed by atoms with Gasteiger partial charge in [0.05, 0.1) is 11.3 Å². The largest absolute Gasteiger partial charge is 0.478 e. The fourth-order valence-corrected chi connectivity index (χ4v) is 1.90. The number of aromatic carboxylic acids is 1. The van der Waals surface area contributed by atoms with Crippen molar-refractivity contribution in [3.05, 3.63) is 40.4 Å². The van der Waals surface area contributed by atoms with E-state index in [-0.39, 0.29) is 17.1 Å². The maximum absolute atomic E-state index is 12.0. The molecular formula is C13H13ClN4O3. The standard InChI is InChI=1S/C13H13ClN4O3/c1-2-3-10-16-11(18-17-10)12(19)15-9-6-7(14)4-5-8(9)13(20)21/h4-6H,2-3H2,1H3,(H,15,19)(H,20,21)(H,16,17,18). The molecule has 0 fully saturated rings. The van der Waals surface area contributed by atoms with Crippen LogP contribution in [0.15, 0.2) is 18.2 Å². The Hall–Kier alpha value is -2.41. The zero-order chi connectivity index (χ0) is 15.4. The van der Waals surface area contributed by atoms with Crippen molar-refractivity contribution in [2.45, 2.75) is 19.8 Å². The number of benzene rings is 1. The minimum atomic E-state index is -1.16. The maximum Gasteiger partial charge on any atom is 0.337 e. The van der Waals surface area contributed by atoms with Crippen LogP contribution in [-0.4, -0.2) is 32.2 Å². The van der Waals surface area contributed by atoms with Crippen molar-refractivity contribution in [1.29, 1.82) is 0 Å². The molecule has 1 aromatic heterocycles. The summed E-state index contributed by atoms with van der Waals surface area (Å²) >= 11 is 5.81. The summed E-state index contributed by atoms with van der Waals surface area (Å²) in [4.78, 5) is 27.2. The minimum absolute atomic E-state index is 0.0465. The Morgan fingerprint density at radius 3 is 2.86 bits per heavy atom. The van der Waals surface area contributed by atoms with E-state index < -0.39 is 11.9 Å². The van der Waals surface area contributed by atoms with Gasteiger partial charge >= 0.3 is 5.97 Å². The van der Waals surface area contributed by atoms with Crippen LogP contribution >= 0.6 is 11.6 Å². The Kier molecular flexibility index (Phi) is 4.54. The highest BCUT2D eigenvalue weighted by Gasteiger charge is 2.17. The summed E-state index contributed by atoms with van der Waals surface area (Å²) in [6.45, 7) is 1.98. The number of H-pyrrole nitrogens is 1. The number of rotatable bonds is 5. The lowest BCUT2D eigenvalue weighted by Crippen LogP contribution is -2.16. The molecule has 3 N–H and O–H groups in total. The Morgan fingerprint density at radius 1 is 1.43 bits per heavy atom. The molecule has 0 spiro atoms. The van der Waals surface area contributed by atoms with Crippen LogP contribution in [0.2, 0.25) is 5.02 Å². The Morgan fingerprint density at radius 2 is 2.19 bits per heavy atom. The third kappa shape index (κ3) is 3.57. The SMILES string of the molecule is CCCc1nc(C(=O)Nc2cc(Cl)ccc2C(=O)O)n[nH]1. The van der Waals surface area contributed by atoms with Gasteiger partial charge in [-0.05, 0) is 24.6 Å². The number of anilines is 1. The van der Waals surface area contributed by atoms with Crippen LogP contribution in [0.3, 0.4) is 0 Å². The molecule has 0 unspecified atom stereocenters. The van der Waals surface area contributed by atoms with E-state index in [4.69, 9.17) is 16.7 Å². The number of carboxylic acid groups (broad SMARTS) is 1. The molecule has 0 radical (unpaired) electrons. The molecule has 0 saturated carbocycles. The van der Waals surface area contributed by atoms with E-state index in [2.05, 4.69) is 20.5 Å². The van der Waals surface area contributed by atoms with Crippen molar-refractivity contribution < 1.29 is 14.7 Å². The second-order valence-corrected chi connectivity index (χ2v) is 4.74. The van der Waals surface area contributed by atoms with Gasteiger partial charge in [-0.2, -0.15) is 0 Å². The van der Waals surface area contributed by atoms with E-state index in [1.54, 1.807) is 0 Å². The van der Waals surface area contributed by atoms with Crippen LogP contribution in [0.1, 0.15) is 40.1 Å². The highest BCUT2D eigenvalue weighted by atomic mass is 35.5. The zero-order valence-corrected chi connectivity index (χ0v) is 11.9. The first-order valence-corrected chi connectivity index (χ1v) is 6.64. The summed E-state index contributed by atoms with van der Waals surface area (Å²) in [6, 6.07) is 4.12. The number of aromatic nitrogens is 3. The normalized spacial score (nSPS) is 10.4. The van der Waals surface area contributed by atoms with Crippen LogP contribution in [0.25, 0.3) is 0 Å². The molecule has 1 aromatic carbocycles. The molecule has 0 bridgehead atoms. The average Bonchev–Trinajstić information content (AvgIpc) is 2.87. The summed E-state index contributed by atoms with van der Waals surface area (Å²) < 4.78 is 0. The number of hydrogen-bond acceptors (Lipinski definition) is 4. The van der Waals surface area contributed by atoms with Crippen molar-refractivity contribution in [3.8, 4) is 0 Å². The number of aryl methyl sites for hydroxylation is 1. The van der Waals surface area contributed by atoms with E-state index in [0.717, 1.165) is 6.42 Å². The van der Waals surface area contributed by atoms with Gasteiger partial charge in [-0.1, -0.05) is 18.5 Å². The van der Waals surface area contributed by atoms with Gasteiger partial charge in [0.1, 0.15) is 5.82 Å². The first-order valence-electron chi connectivity index (χ1n) is 6.26. The molecule has 7 nitrogen and oxygen atoms in total. The smallest absolute Gasteiger partial charge is 0.337 e. The summed E-state index contributed by atoms with van der Waals surface area (Å²) in [5.41, 5.74) is 0.0407. The van der Waals surface area contributed by atoms with Gasteiger partial charge in [-0.3, -0.25) is 9.89 Å². The third-order valence-corrected chi connectivity index (χ3v) is 2.92. The van der Waals surface area contributed by atoms with E-state index >= 15 is 0 Å². The quantitative estimate of drug-likeness (QED) is 0.785. The molecule has 1 heterocycles. The lowest BCUT2D eigenvalue weighted by Gasteiger charge is -2.07. The first kappa shape index (κ1) is 15.0. The second-order valence-electron chi connectivity index (χ2n) is 4.30. The molecule has 0 atom stereocenters. The zero-order valence-electron chi connectivity index (χ0n) is 11.2. The Labute approximate surface area is 125 Å². The van der Waals surface area contributed by atoms with Crippen LogP contribution in [0.5, 0.6) is 0 Å². The van der Waals surface area contributed by atoms with Gasteiger partial charge < -0.3 is 10.4 Å². The minimum Gasteiger partial charge on any atom is -0.478 e. The molecule has 8 heteroatoms. The van der Waals surface area contributed by atoms with Gasteiger partial charge in [-0.15, -0.1) is 5.10 Å². The summed E-state index contributed by atoms with van der Waals surface area (Å²) in [5, 5.41) is 18.3. The molecule has 2 aromatic rings. The fourth-order valence-electron chi connectivity index (χ4n) is 1.73. The number of carbonyl (C=O) groups is 2. The number of aromatic amines is 1. The van der Waals surface area contributed by atoms with Crippen molar-refractivity contribution in [3.63, 3.8) is 0 Å². The molecule has 0 aliphatic rings. The van der Waals surface area contributed by atoms with Crippen molar-refractivity contribution in [2.24, 2.45) is 0 Å². The van der Waals surface area contributed by atoms with Crippen molar-refractivity contribution in [2.75, 3.05) is 5.32 Å². The lowest BCUT2D eigenvalue weighted by molar-refractivity contribution is 0.0698. The van der Waals surface area contributed by atoms with Crippen LogP contribution in [-0.2, 0) is 6.42 Å². The first-order chi connectivity index (χ1) is 10.0. The number of nitrogens with zero attached hydrogens (tertiary/aromatic N) is 2. The van der Waals surface area contributed by atoms with E-state index in [9.17, 15) is 9.59 Å². The second kappa shape index (κ2) is 6.36. The highest BCUT2D eigenvalue weighted by molar-refractivity contribution is 6.31. The van der Waals surface area contributed by atoms with Crippen LogP contribution in [0, 0.1) is 0 Å². The average molecular weight is 309 g/mol. The summed E-state index contributed by atoms with van der Waals surface area (Å²) in [5.74, 6) is -1.20. The molecule has 0 aliphatic carbocycles. The summed E-state index contributed by atoms with van der Waals surface area (Å²) in [7, 11) is 0.